The van der Waals surface area contributed by atoms with Crippen LogP contribution in [-0.4, -0.2) is 36.2 Å². The number of rotatable bonds is 5. The highest BCUT2D eigenvalue weighted by molar-refractivity contribution is 7.14. The first-order valence-corrected chi connectivity index (χ1v) is 7.55. The Kier molecular flexibility index (Phi) is 4.77. The van der Waals surface area contributed by atoms with Crippen molar-refractivity contribution in [3.63, 3.8) is 0 Å². The van der Waals surface area contributed by atoms with Crippen LogP contribution < -0.4 is 5.32 Å². The fourth-order valence-electron chi connectivity index (χ4n) is 2.33. The molecule has 5 nitrogen and oxygen atoms in total. The molecule has 2 atom stereocenters. The van der Waals surface area contributed by atoms with Crippen LogP contribution in [0.1, 0.15) is 33.5 Å². The van der Waals surface area contributed by atoms with Gasteiger partial charge in [-0.2, -0.15) is 0 Å². The maximum Gasteiger partial charge on any atom is 0.311 e. The Bertz CT molecular complexity index is 511. The number of carboxylic acids is 1. The molecule has 1 saturated heterocycles. The van der Waals surface area contributed by atoms with Crippen LogP contribution in [0.15, 0.2) is 6.07 Å². The van der Waals surface area contributed by atoms with Crippen molar-refractivity contribution in [1.29, 1.82) is 0 Å². The monoisotopic (exact) mass is 297 g/mol. The maximum atomic E-state index is 12.2. The summed E-state index contributed by atoms with van der Waals surface area (Å²) >= 11 is 1.46. The van der Waals surface area contributed by atoms with Crippen LogP contribution in [0.3, 0.4) is 0 Å². The Labute approximate surface area is 121 Å². The van der Waals surface area contributed by atoms with E-state index in [1.54, 1.807) is 0 Å². The summed E-state index contributed by atoms with van der Waals surface area (Å²) < 4.78 is 5.14. The number of carbonyl (C=O) groups is 2. The van der Waals surface area contributed by atoms with E-state index in [0.717, 1.165) is 17.7 Å². The van der Waals surface area contributed by atoms with Crippen LogP contribution in [0.25, 0.3) is 0 Å². The predicted molar refractivity (Wildman–Crippen MR) is 76.3 cm³/mol. The van der Waals surface area contributed by atoms with Crippen molar-refractivity contribution < 1.29 is 19.4 Å². The summed E-state index contributed by atoms with van der Waals surface area (Å²) in [5.41, 5.74) is 1.19. The molecular weight excluding hydrogens is 278 g/mol. The van der Waals surface area contributed by atoms with E-state index in [-0.39, 0.29) is 19.1 Å². The number of hydrogen-bond acceptors (Lipinski definition) is 4. The lowest BCUT2D eigenvalue weighted by molar-refractivity contribution is -0.142. The first kappa shape index (κ1) is 15.0. The van der Waals surface area contributed by atoms with Gasteiger partial charge in [-0.1, -0.05) is 13.3 Å². The third-order valence-electron chi connectivity index (χ3n) is 3.48. The van der Waals surface area contributed by atoms with Crippen molar-refractivity contribution in [2.24, 2.45) is 5.92 Å². The smallest absolute Gasteiger partial charge is 0.311 e. The molecule has 0 spiro atoms. The van der Waals surface area contributed by atoms with Crippen molar-refractivity contribution in [3.8, 4) is 0 Å². The molecule has 20 heavy (non-hydrogen) atoms. The molecule has 0 radical (unpaired) electrons. The lowest BCUT2D eigenvalue weighted by atomic mass is 10.0. The minimum atomic E-state index is -0.929. The summed E-state index contributed by atoms with van der Waals surface area (Å²) in [6.07, 6.45) is 2.00. The number of aliphatic carboxylic acids is 1. The van der Waals surface area contributed by atoms with Crippen molar-refractivity contribution in [2.75, 3.05) is 13.2 Å². The Morgan fingerprint density at radius 1 is 1.50 bits per heavy atom. The normalized spacial score (nSPS) is 21.9. The van der Waals surface area contributed by atoms with E-state index < -0.39 is 17.9 Å². The molecular formula is C14H19NO4S. The highest BCUT2D eigenvalue weighted by Gasteiger charge is 2.35. The highest BCUT2D eigenvalue weighted by atomic mass is 32.1. The Balaban J connectivity index is 2.04. The largest absolute Gasteiger partial charge is 0.481 e. The number of amides is 1. The molecule has 110 valence electrons. The van der Waals surface area contributed by atoms with E-state index >= 15 is 0 Å². The van der Waals surface area contributed by atoms with E-state index in [1.807, 2.05) is 13.0 Å². The highest BCUT2D eigenvalue weighted by Crippen LogP contribution is 2.23. The Morgan fingerprint density at radius 3 is 2.90 bits per heavy atom. The summed E-state index contributed by atoms with van der Waals surface area (Å²) in [4.78, 5) is 25.0. The predicted octanol–water partition coefficient (Wildman–Crippen LogP) is 1.84. The molecule has 0 aliphatic carbocycles. The van der Waals surface area contributed by atoms with Gasteiger partial charge in [-0.15, -0.1) is 11.3 Å². The van der Waals surface area contributed by atoms with Crippen LogP contribution in [-0.2, 0) is 16.0 Å². The second kappa shape index (κ2) is 6.37. The Morgan fingerprint density at radius 2 is 2.25 bits per heavy atom. The van der Waals surface area contributed by atoms with Gasteiger partial charge >= 0.3 is 5.97 Å². The molecule has 1 amide bonds. The Hall–Kier alpha value is -1.40. The third-order valence-corrected chi connectivity index (χ3v) is 4.57. The number of ether oxygens (including phenoxy) is 1. The summed E-state index contributed by atoms with van der Waals surface area (Å²) in [5.74, 6) is -1.79. The van der Waals surface area contributed by atoms with Gasteiger partial charge in [0.05, 0.1) is 24.1 Å². The number of carboxylic acid groups (broad SMARTS) is 1. The van der Waals surface area contributed by atoms with E-state index in [9.17, 15) is 9.59 Å². The van der Waals surface area contributed by atoms with Gasteiger partial charge in [-0.3, -0.25) is 9.59 Å². The molecule has 2 N–H and O–H groups in total. The first-order chi connectivity index (χ1) is 9.52. The topological polar surface area (TPSA) is 75.6 Å². The summed E-state index contributed by atoms with van der Waals surface area (Å²) in [6, 6.07) is 1.46. The van der Waals surface area contributed by atoms with Crippen molar-refractivity contribution >= 4 is 23.2 Å². The minimum Gasteiger partial charge on any atom is -0.481 e. The number of nitrogens with one attached hydrogen (secondary N) is 1. The van der Waals surface area contributed by atoms with E-state index in [0.29, 0.717) is 4.88 Å². The molecule has 6 heteroatoms. The summed E-state index contributed by atoms with van der Waals surface area (Å²) in [7, 11) is 0. The summed E-state index contributed by atoms with van der Waals surface area (Å²) in [6.45, 7) is 4.52. The number of thiophene rings is 1. The summed E-state index contributed by atoms with van der Waals surface area (Å²) in [5, 5.41) is 11.8. The fourth-order valence-corrected chi connectivity index (χ4v) is 3.30. The van der Waals surface area contributed by atoms with Gasteiger partial charge in [0.15, 0.2) is 0 Å². The zero-order valence-corrected chi connectivity index (χ0v) is 12.5. The lowest BCUT2D eigenvalue weighted by Gasteiger charge is -2.14. The fraction of sp³-hybridized carbons (Fsp3) is 0.571. The average molecular weight is 297 g/mol. The van der Waals surface area contributed by atoms with Gasteiger partial charge in [-0.05, 0) is 25.0 Å². The maximum absolute atomic E-state index is 12.2. The standard InChI is InChI=1S/C14H19NO4S/c1-3-4-9-5-12(20-8(9)2)13(16)15-11-7-19-6-10(11)14(17)18/h5,10-11H,3-4,6-7H2,1-2H3,(H,15,16)(H,17,18). The molecule has 0 saturated carbocycles. The second-order valence-electron chi connectivity index (χ2n) is 5.00. The molecule has 2 unspecified atom stereocenters. The number of carbonyl (C=O) groups excluding carboxylic acids is 1. The lowest BCUT2D eigenvalue weighted by Crippen LogP contribution is -2.42. The quantitative estimate of drug-likeness (QED) is 0.869. The molecule has 1 aliphatic heterocycles. The molecule has 0 bridgehead atoms. The van der Waals surface area contributed by atoms with Gasteiger partial charge in [-0.25, -0.2) is 0 Å². The van der Waals surface area contributed by atoms with Crippen molar-refractivity contribution in [3.05, 3.63) is 21.4 Å². The molecule has 2 rings (SSSR count). The van der Waals surface area contributed by atoms with Crippen LogP contribution in [0, 0.1) is 12.8 Å². The SMILES string of the molecule is CCCc1cc(C(=O)NC2COCC2C(=O)O)sc1C. The third kappa shape index (κ3) is 3.19. The zero-order valence-electron chi connectivity index (χ0n) is 11.6. The van der Waals surface area contributed by atoms with Crippen molar-refractivity contribution in [2.45, 2.75) is 32.7 Å². The number of hydrogen-bond donors (Lipinski definition) is 2. The van der Waals surface area contributed by atoms with E-state index in [2.05, 4.69) is 12.2 Å². The van der Waals surface area contributed by atoms with Crippen LogP contribution in [0.2, 0.25) is 0 Å². The van der Waals surface area contributed by atoms with Gasteiger partial charge in [0.1, 0.15) is 5.92 Å². The average Bonchev–Trinajstić information content (AvgIpc) is 2.97. The molecule has 1 aromatic heterocycles. The molecule has 1 aromatic rings. The van der Waals surface area contributed by atoms with Gasteiger partial charge in [0.2, 0.25) is 0 Å². The van der Waals surface area contributed by atoms with Gasteiger partial charge in [0.25, 0.3) is 5.91 Å². The van der Waals surface area contributed by atoms with Crippen LogP contribution >= 0.6 is 11.3 Å². The van der Waals surface area contributed by atoms with Gasteiger partial charge in [0, 0.05) is 4.88 Å². The van der Waals surface area contributed by atoms with Crippen LogP contribution in [0.5, 0.6) is 0 Å². The minimum absolute atomic E-state index is 0.158. The van der Waals surface area contributed by atoms with Gasteiger partial charge < -0.3 is 15.2 Å². The molecule has 1 aliphatic rings. The molecule has 1 fully saturated rings. The second-order valence-corrected chi connectivity index (χ2v) is 6.26. The van der Waals surface area contributed by atoms with Crippen molar-refractivity contribution in [1.82, 2.24) is 5.32 Å². The molecule has 2 heterocycles. The van der Waals surface area contributed by atoms with Crippen LogP contribution in [0.4, 0.5) is 0 Å². The van der Waals surface area contributed by atoms with E-state index in [1.165, 1.54) is 16.9 Å². The van der Waals surface area contributed by atoms with E-state index in [4.69, 9.17) is 9.84 Å². The number of aryl methyl sites for hydroxylation is 2. The zero-order chi connectivity index (χ0) is 14.7. The molecule has 0 aromatic carbocycles. The first-order valence-electron chi connectivity index (χ1n) is 6.73.